The van der Waals surface area contributed by atoms with Crippen LogP contribution < -0.4 is 5.32 Å². The van der Waals surface area contributed by atoms with Crippen LogP contribution in [0.2, 0.25) is 0 Å². The van der Waals surface area contributed by atoms with Gasteiger partial charge in [-0.05, 0) is 17.2 Å². The van der Waals surface area contributed by atoms with E-state index < -0.39 is 23.2 Å². The Labute approximate surface area is 123 Å². The number of carbonyl (C=O) groups excluding carboxylic acids is 2. The van der Waals surface area contributed by atoms with Crippen LogP contribution in [-0.4, -0.2) is 35.4 Å². The number of alkyl halides is 3. The van der Waals surface area contributed by atoms with Gasteiger partial charge in [0.25, 0.3) is 0 Å². The number of benzene rings is 1. The van der Waals surface area contributed by atoms with E-state index in [4.69, 9.17) is 0 Å². The Morgan fingerprint density at radius 2 is 1.90 bits per heavy atom. The number of alkyl carbamates (subject to hydrolysis) is 1. The SMILES string of the molecule is COC(=O)C(O)(NC(=O)OCc1ccccc1)C(F)(F)Cl. The van der Waals surface area contributed by atoms with Gasteiger partial charge in [0.1, 0.15) is 6.61 Å². The smallest absolute Gasteiger partial charge is 0.410 e. The molecule has 1 unspecified atom stereocenters. The second-order valence-electron chi connectivity index (χ2n) is 3.89. The van der Waals surface area contributed by atoms with Gasteiger partial charge in [-0.1, -0.05) is 30.3 Å². The van der Waals surface area contributed by atoms with E-state index in [0.29, 0.717) is 5.56 Å². The van der Waals surface area contributed by atoms with Crippen molar-refractivity contribution < 1.29 is 33.0 Å². The Morgan fingerprint density at radius 3 is 2.38 bits per heavy atom. The molecule has 1 atom stereocenters. The van der Waals surface area contributed by atoms with E-state index in [1.165, 1.54) is 5.32 Å². The zero-order chi connectivity index (χ0) is 16.1. The molecule has 0 aliphatic heterocycles. The van der Waals surface area contributed by atoms with Crippen LogP contribution >= 0.6 is 11.6 Å². The molecular formula is C12H12ClF2NO5. The maximum Gasteiger partial charge on any atom is 0.410 e. The van der Waals surface area contributed by atoms with Crippen molar-refractivity contribution in [3.05, 3.63) is 35.9 Å². The highest BCUT2D eigenvalue weighted by Gasteiger charge is 2.60. The van der Waals surface area contributed by atoms with Crippen molar-refractivity contribution in [3.8, 4) is 0 Å². The molecule has 2 N–H and O–H groups in total. The van der Waals surface area contributed by atoms with Crippen LogP contribution in [0, 0.1) is 0 Å². The fraction of sp³-hybridized carbons (Fsp3) is 0.333. The summed E-state index contributed by atoms with van der Waals surface area (Å²) in [6.45, 7) is -0.252. The fourth-order valence-electron chi connectivity index (χ4n) is 1.29. The number of amides is 1. The zero-order valence-corrected chi connectivity index (χ0v) is 11.6. The van der Waals surface area contributed by atoms with Gasteiger partial charge in [0, 0.05) is 0 Å². The van der Waals surface area contributed by atoms with E-state index in [1.807, 2.05) is 0 Å². The third-order valence-corrected chi connectivity index (χ3v) is 2.66. The average Bonchev–Trinajstić information content (AvgIpc) is 2.44. The highest BCUT2D eigenvalue weighted by atomic mass is 35.5. The number of hydrogen-bond acceptors (Lipinski definition) is 5. The molecule has 0 aromatic heterocycles. The van der Waals surface area contributed by atoms with Gasteiger partial charge in [0.2, 0.25) is 0 Å². The molecule has 0 aliphatic carbocycles. The highest BCUT2D eigenvalue weighted by Crippen LogP contribution is 2.32. The summed E-state index contributed by atoms with van der Waals surface area (Å²) in [7, 11) is 0.743. The number of esters is 1. The van der Waals surface area contributed by atoms with Gasteiger partial charge in [-0.15, -0.1) is 0 Å². The molecular weight excluding hydrogens is 312 g/mol. The first-order valence-electron chi connectivity index (χ1n) is 5.57. The Kier molecular flexibility index (Phi) is 5.45. The molecule has 0 heterocycles. The maximum atomic E-state index is 13.1. The van der Waals surface area contributed by atoms with Crippen LogP contribution in [0.25, 0.3) is 0 Å². The lowest BCUT2D eigenvalue weighted by atomic mass is 10.2. The van der Waals surface area contributed by atoms with Crippen LogP contribution in [0.1, 0.15) is 5.56 Å². The molecule has 1 amide bonds. The van der Waals surface area contributed by atoms with Gasteiger partial charge in [-0.3, -0.25) is 5.32 Å². The van der Waals surface area contributed by atoms with E-state index in [-0.39, 0.29) is 6.61 Å². The molecule has 116 valence electrons. The summed E-state index contributed by atoms with van der Waals surface area (Å²) in [6, 6.07) is 8.32. The molecule has 1 aromatic carbocycles. The molecule has 21 heavy (non-hydrogen) atoms. The lowest BCUT2D eigenvalue weighted by molar-refractivity contribution is -0.194. The van der Waals surface area contributed by atoms with Crippen molar-refractivity contribution in [1.29, 1.82) is 0 Å². The van der Waals surface area contributed by atoms with Gasteiger partial charge >= 0.3 is 23.2 Å². The normalized spacial score (nSPS) is 14.0. The molecule has 0 aliphatic rings. The largest absolute Gasteiger partial charge is 0.465 e. The van der Waals surface area contributed by atoms with Crippen LogP contribution in [0.4, 0.5) is 13.6 Å². The highest BCUT2D eigenvalue weighted by molar-refractivity contribution is 6.24. The molecule has 1 aromatic rings. The monoisotopic (exact) mass is 323 g/mol. The average molecular weight is 324 g/mol. The van der Waals surface area contributed by atoms with Gasteiger partial charge in [0.05, 0.1) is 7.11 Å². The lowest BCUT2D eigenvalue weighted by Crippen LogP contribution is -2.64. The molecule has 0 radical (unpaired) electrons. The van der Waals surface area contributed by atoms with Crippen molar-refractivity contribution in [3.63, 3.8) is 0 Å². The van der Waals surface area contributed by atoms with Gasteiger partial charge in [-0.25, -0.2) is 9.59 Å². The van der Waals surface area contributed by atoms with E-state index in [0.717, 1.165) is 7.11 Å². The van der Waals surface area contributed by atoms with Crippen molar-refractivity contribution in [2.24, 2.45) is 0 Å². The van der Waals surface area contributed by atoms with Gasteiger partial charge in [0.15, 0.2) is 0 Å². The van der Waals surface area contributed by atoms with Gasteiger partial charge in [-0.2, -0.15) is 8.78 Å². The summed E-state index contributed by atoms with van der Waals surface area (Å²) >= 11 is 4.62. The predicted molar refractivity (Wildman–Crippen MR) is 67.5 cm³/mol. The molecule has 0 saturated heterocycles. The summed E-state index contributed by atoms with van der Waals surface area (Å²) in [5, 5.41) is 6.31. The molecule has 9 heteroatoms. The second-order valence-corrected chi connectivity index (χ2v) is 4.36. The summed E-state index contributed by atoms with van der Waals surface area (Å²) < 4.78 is 34.7. The second kappa shape index (κ2) is 6.68. The summed E-state index contributed by atoms with van der Waals surface area (Å²) in [4.78, 5) is 22.6. The molecule has 1 rings (SSSR count). The first kappa shape index (κ1) is 17.1. The number of ether oxygens (including phenoxy) is 2. The van der Waals surface area contributed by atoms with E-state index in [1.54, 1.807) is 30.3 Å². The quantitative estimate of drug-likeness (QED) is 0.488. The maximum absolute atomic E-state index is 13.1. The number of rotatable bonds is 5. The van der Waals surface area contributed by atoms with Crippen LogP contribution in [-0.2, 0) is 20.9 Å². The first-order valence-corrected chi connectivity index (χ1v) is 5.95. The molecule has 6 nitrogen and oxygen atoms in total. The van der Waals surface area contributed by atoms with E-state index in [2.05, 4.69) is 21.1 Å². The minimum Gasteiger partial charge on any atom is -0.465 e. The fourth-order valence-corrected chi connectivity index (χ4v) is 1.42. The van der Waals surface area contributed by atoms with Crippen molar-refractivity contribution >= 4 is 23.7 Å². The Morgan fingerprint density at radius 1 is 1.33 bits per heavy atom. The number of hydrogen-bond donors (Lipinski definition) is 2. The minimum absolute atomic E-state index is 0.252. The number of aliphatic hydroxyl groups is 1. The standard InChI is InChI=1S/C12H12ClF2NO5/c1-20-9(17)11(19,12(13,14)15)16-10(18)21-7-8-5-3-2-4-6-8/h2-6,19H,7H2,1H3,(H,16,18). The first-order chi connectivity index (χ1) is 9.70. The Bertz CT molecular complexity index is 508. The number of halogens is 3. The lowest BCUT2D eigenvalue weighted by Gasteiger charge is -2.28. The third kappa shape index (κ3) is 4.27. The van der Waals surface area contributed by atoms with Crippen LogP contribution in [0.15, 0.2) is 30.3 Å². The molecule has 0 saturated carbocycles. The minimum atomic E-state index is -4.49. The summed E-state index contributed by atoms with van der Waals surface area (Å²) in [5.74, 6) is -1.83. The van der Waals surface area contributed by atoms with E-state index >= 15 is 0 Å². The zero-order valence-electron chi connectivity index (χ0n) is 10.8. The number of nitrogens with one attached hydrogen (secondary N) is 1. The Hall–Kier alpha value is -1.93. The summed E-state index contributed by atoms with van der Waals surface area (Å²) in [6.07, 6.45) is -1.47. The number of carbonyl (C=O) groups is 2. The molecule has 0 bridgehead atoms. The van der Waals surface area contributed by atoms with Gasteiger partial charge < -0.3 is 14.6 Å². The predicted octanol–water partition coefficient (Wildman–Crippen LogP) is 1.61. The van der Waals surface area contributed by atoms with Crippen LogP contribution in [0.5, 0.6) is 0 Å². The summed E-state index contributed by atoms with van der Waals surface area (Å²) in [5.41, 5.74) is -3.16. The topological polar surface area (TPSA) is 84.9 Å². The molecule has 0 fully saturated rings. The Balaban J connectivity index is 2.72. The van der Waals surface area contributed by atoms with Crippen molar-refractivity contribution in [2.75, 3.05) is 7.11 Å². The third-order valence-electron chi connectivity index (χ3n) is 2.39. The van der Waals surface area contributed by atoms with Crippen molar-refractivity contribution in [2.45, 2.75) is 17.7 Å². The van der Waals surface area contributed by atoms with E-state index in [9.17, 15) is 23.5 Å². The van der Waals surface area contributed by atoms with Crippen LogP contribution in [0.3, 0.4) is 0 Å². The molecule has 0 spiro atoms. The van der Waals surface area contributed by atoms with Crippen molar-refractivity contribution in [1.82, 2.24) is 5.32 Å². The number of methoxy groups -OCH3 is 1.